The Kier molecular flexibility index (Phi) is 6.26. The molecule has 7 rings (SSSR count). The van der Waals surface area contributed by atoms with E-state index in [4.69, 9.17) is 0 Å². The van der Waals surface area contributed by atoms with Crippen LogP contribution in [-0.2, 0) is 5.41 Å². The van der Waals surface area contributed by atoms with Gasteiger partial charge in [0.25, 0.3) is 0 Å². The number of hydrogen-bond donors (Lipinski definition) is 0. The molecule has 204 valence electrons. The number of nitrogens with zero attached hydrogens (tertiary/aromatic N) is 2. The molecule has 2 aliphatic heterocycles. The second-order valence-electron chi connectivity index (χ2n) is 12.6. The van der Waals surface area contributed by atoms with Crippen molar-refractivity contribution in [2.75, 3.05) is 9.80 Å². The Labute approximate surface area is 240 Å². The van der Waals surface area contributed by atoms with Crippen LogP contribution < -0.4 is 9.80 Å². The Balaban J connectivity index is 1.56. The summed E-state index contributed by atoms with van der Waals surface area (Å²) >= 11 is 0. The highest BCUT2D eigenvalue weighted by molar-refractivity contribution is 5.76. The number of aryl methyl sites for hydroxylation is 3. The number of hydrogen-bond acceptors (Lipinski definition) is 2. The summed E-state index contributed by atoms with van der Waals surface area (Å²) in [4.78, 5) is 5.65. The van der Waals surface area contributed by atoms with E-state index in [-0.39, 0.29) is 11.6 Å². The summed E-state index contributed by atoms with van der Waals surface area (Å²) in [6, 6.07) is 37.6. The molecule has 2 heterocycles. The van der Waals surface area contributed by atoms with Crippen molar-refractivity contribution in [2.24, 2.45) is 5.92 Å². The van der Waals surface area contributed by atoms with E-state index in [1.54, 1.807) is 5.56 Å². The summed E-state index contributed by atoms with van der Waals surface area (Å²) in [5.74, 6) is 0.623. The predicted molar refractivity (Wildman–Crippen MR) is 168 cm³/mol. The third-order valence-electron chi connectivity index (χ3n) is 10.5. The molecule has 1 saturated heterocycles. The van der Waals surface area contributed by atoms with E-state index in [9.17, 15) is 0 Å². The Morgan fingerprint density at radius 3 is 1.90 bits per heavy atom. The van der Waals surface area contributed by atoms with Crippen molar-refractivity contribution < 1.29 is 0 Å². The maximum atomic E-state index is 2.86. The van der Waals surface area contributed by atoms with Crippen molar-refractivity contribution in [3.05, 3.63) is 130 Å². The zero-order valence-electron chi connectivity index (χ0n) is 24.5. The SMILES string of the molecule is Cc1ccccc1N1C(c2c(C)cccc2C)N2c3ccccc3C(c3ccccc3)(C3CCCCC3)C2[C@@H]1C. The molecule has 0 aromatic heterocycles. The van der Waals surface area contributed by atoms with Crippen LogP contribution in [0.15, 0.2) is 97.1 Å². The fourth-order valence-electron chi connectivity index (χ4n) is 9.00. The normalized spacial score (nSPS) is 26.1. The Morgan fingerprint density at radius 2 is 1.20 bits per heavy atom. The summed E-state index contributed by atoms with van der Waals surface area (Å²) in [7, 11) is 0. The van der Waals surface area contributed by atoms with Gasteiger partial charge in [0.15, 0.2) is 0 Å². The first-order chi connectivity index (χ1) is 19.5. The van der Waals surface area contributed by atoms with Gasteiger partial charge in [-0.15, -0.1) is 0 Å². The van der Waals surface area contributed by atoms with E-state index in [0.717, 1.165) is 0 Å². The predicted octanol–water partition coefficient (Wildman–Crippen LogP) is 9.27. The third-order valence-corrected chi connectivity index (χ3v) is 10.5. The number of anilines is 2. The summed E-state index contributed by atoms with van der Waals surface area (Å²) in [6.45, 7) is 9.42. The van der Waals surface area contributed by atoms with Crippen molar-refractivity contribution in [3.8, 4) is 0 Å². The van der Waals surface area contributed by atoms with E-state index < -0.39 is 0 Å². The molecule has 3 aliphatic rings. The van der Waals surface area contributed by atoms with E-state index in [2.05, 4.69) is 135 Å². The highest BCUT2D eigenvalue weighted by Crippen LogP contribution is 2.63. The summed E-state index contributed by atoms with van der Waals surface area (Å²) in [5.41, 5.74) is 11.4. The minimum atomic E-state index is -0.0516. The first kappa shape index (κ1) is 25.4. The standard InChI is InChI=1S/C38H42N2/c1-26-16-11-13-24-33(26)39-29(4)36-38(30-19-7-5-8-20-30,31-21-9-6-10-22-31)32-23-12-14-25-34(32)40(36)37(39)35-27(2)17-15-18-28(35)3/h5,7-8,11-20,23-25,29,31,36-37H,6,9-10,21-22H2,1-4H3/t29-,36?,37?,38?/m0/s1. The van der Waals surface area contributed by atoms with Gasteiger partial charge in [0.1, 0.15) is 6.17 Å². The van der Waals surface area contributed by atoms with Crippen LogP contribution in [0.3, 0.4) is 0 Å². The summed E-state index contributed by atoms with van der Waals surface area (Å²) in [5, 5.41) is 0. The van der Waals surface area contributed by atoms with Crippen molar-refractivity contribution in [3.63, 3.8) is 0 Å². The molecule has 4 aromatic rings. The van der Waals surface area contributed by atoms with E-state index in [1.165, 1.54) is 71.3 Å². The average Bonchev–Trinajstić information content (AvgIpc) is 3.45. The van der Waals surface area contributed by atoms with Crippen molar-refractivity contribution in [1.29, 1.82) is 0 Å². The molecule has 4 atom stereocenters. The Bertz CT molecular complexity index is 1500. The zero-order chi connectivity index (χ0) is 27.4. The largest absolute Gasteiger partial charge is 0.342 e. The fraction of sp³-hybridized carbons (Fsp3) is 0.368. The molecule has 4 aromatic carbocycles. The van der Waals surface area contributed by atoms with Gasteiger partial charge in [-0.1, -0.05) is 104 Å². The first-order valence-electron chi connectivity index (χ1n) is 15.4. The van der Waals surface area contributed by atoms with E-state index >= 15 is 0 Å². The zero-order valence-corrected chi connectivity index (χ0v) is 24.5. The van der Waals surface area contributed by atoms with Crippen LogP contribution in [0.2, 0.25) is 0 Å². The lowest BCUT2D eigenvalue weighted by atomic mass is 9.58. The maximum Gasteiger partial charge on any atom is 0.129 e. The van der Waals surface area contributed by atoms with Crippen molar-refractivity contribution in [2.45, 2.75) is 83.5 Å². The smallest absolute Gasteiger partial charge is 0.129 e. The van der Waals surface area contributed by atoms with E-state index in [1.807, 2.05) is 0 Å². The fourth-order valence-corrected chi connectivity index (χ4v) is 9.00. The maximum absolute atomic E-state index is 2.86. The second kappa shape index (κ2) is 9.84. The quantitative estimate of drug-likeness (QED) is 0.261. The number of benzene rings is 4. The minimum absolute atomic E-state index is 0.0516. The summed E-state index contributed by atoms with van der Waals surface area (Å²) < 4.78 is 0. The average molecular weight is 527 g/mol. The van der Waals surface area contributed by atoms with Crippen molar-refractivity contribution >= 4 is 11.4 Å². The van der Waals surface area contributed by atoms with Gasteiger partial charge in [-0.05, 0) is 86.4 Å². The summed E-state index contributed by atoms with van der Waals surface area (Å²) in [6.07, 6.45) is 6.79. The second-order valence-corrected chi connectivity index (χ2v) is 12.6. The van der Waals surface area contributed by atoms with Gasteiger partial charge < -0.3 is 9.80 Å². The van der Waals surface area contributed by atoms with Crippen LogP contribution in [-0.4, -0.2) is 12.1 Å². The van der Waals surface area contributed by atoms with Crippen LogP contribution in [0, 0.1) is 26.7 Å². The first-order valence-corrected chi connectivity index (χ1v) is 15.4. The molecule has 0 N–H and O–H groups in total. The Hall–Kier alpha value is -3.52. The molecule has 3 unspecified atom stereocenters. The lowest BCUT2D eigenvalue weighted by Gasteiger charge is -2.46. The molecule has 0 bridgehead atoms. The van der Waals surface area contributed by atoms with Gasteiger partial charge in [0.2, 0.25) is 0 Å². The molecule has 0 amide bonds. The molecular weight excluding hydrogens is 484 g/mol. The minimum Gasteiger partial charge on any atom is -0.342 e. The molecule has 1 saturated carbocycles. The number of para-hydroxylation sites is 2. The molecule has 40 heavy (non-hydrogen) atoms. The molecule has 2 nitrogen and oxygen atoms in total. The van der Waals surface area contributed by atoms with Gasteiger partial charge in [-0.3, -0.25) is 0 Å². The monoisotopic (exact) mass is 526 g/mol. The van der Waals surface area contributed by atoms with Gasteiger partial charge in [0.05, 0.1) is 12.1 Å². The highest BCUT2D eigenvalue weighted by Gasteiger charge is 2.64. The molecular formula is C38H42N2. The topological polar surface area (TPSA) is 6.48 Å². The Morgan fingerprint density at radius 1 is 0.600 bits per heavy atom. The van der Waals surface area contributed by atoms with Gasteiger partial charge in [-0.2, -0.15) is 0 Å². The number of fused-ring (bicyclic) bond motifs is 3. The molecule has 1 aliphatic carbocycles. The van der Waals surface area contributed by atoms with Crippen LogP contribution >= 0.6 is 0 Å². The molecule has 0 spiro atoms. The van der Waals surface area contributed by atoms with E-state index in [0.29, 0.717) is 18.0 Å². The third kappa shape index (κ3) is 3.54. The van der Waals surface area contributed by atoms with Crippen LogP contribution in [0.4, 0.5) is 11.4 Å². The van der Waals surface area contributed by atoms with Crippen LogP contribution in [0.1, 0.15) is 78.6 Å². The van der Waals surface area contributed by atoms with Crippen molar-refractivity contribution in [1.82, 2.24) is 0 Å². The van der Waals surface area contributed by atoms with Crippen LogP contribution in [0.25, 0.3) is 0 Å². The van der Waals surface area contributed by atoms with Gasteiger partial charge >= 0.3 is 0 Å². The molecule has 2 heteroatoms. The van der Waals surface area contributed by atoms with Gasteiger partial charge in [-0.25, -0.2) is 0 Å². The highest BCUT2D eigenvalue weighted by atomic mass is 15.5. The molecule has 0 radical (unpaired) electrons. The van der Waals surface area contributed by atoms with Gasteiger partial charge in [0, 0.05) is 22.4 Å². The lowest BCUT2D eigenvalue weighted by Crippen LogP contribution is -2.53. The lowest BCUT2D eigenvalue weighted by molar-refractivity contribution is 0.210. The number of rotatable bonds is 4. The van der Waals surface area contributed by atoms with Crippen LogP contribution in [0.5, 0.6) is 0 Å². The molecule has 2 fully saturated rings.